The molecule has 1 heterocycles. The second kappa shape index (κ2) is 4.75. The Hall–Kier alpha value is -1.32. The van der Waals surface area contributed by atoms with Gasteiger partial charge in [-0.3, -0.25) is 14.3 Å². The molecule has 4 atom stereocenters. The van der Waals surface area contributed by atoms with E-state index in [4.69, 9.17) is 0 Å². The smallest absolute Gasteiger partial charge is 0.297 e. The third-order valence-electron chi connectivity index (χ3n) is 4.75. The zero-order valence-electron chi connectivity index (χ0n) is 11.6. The van der Waals surface area contributed by atoms with Crippen molar-refractivity contribution in [1.82, 2.24) is 9.55 Å². The number of nitrogens with zero attached hydrogens (tertiary/aromatic N) is 1. The maximum Gasteiger partial charge on any atom is 0.328 e. The average molecular weight is 250 g/mol. The van der Waals surface area contributed by atoms with Crippen LogP contribution in [0.1, 0.15) is 45.2 Å². The van der Waals surface area contributed by atoms with Gasteiger partial charge in [-0.2, -0.15) is 0 Å². The van der Waals surface area contributed by atoms with Gasteiger partial charge in [0, 0.05) is 17.8 Å². The minimum absolute atomic E-state index is 0.216. The number of rotatable bonds is 2. The molecule has 18 heavy (non-hydrogen) atoms. The van der Waals surface area contributed by atoms with Crippen molar-refractivity contribution in [2.75, 3.05) is 0 Å². The lowest BCUT2D eigenvalue weighted by Gasteiger charge is -2.20. The highest BCUT2D eigenvalue weighted by molar-refractivity contribution is 5.03. The molecule has 1 aliphatic carbocycles. The number of hydrogen-bond donors (Lipinski definition) is 1. The van der Waals surface area contributed by atoms with Crippen molar-refractivity contribution in [2.45, 2.75) is 46.6 Å². The molecule has 1 aromatic rings. The van der Waals surface area contributed by atoms with Crippen LogP contribution in [0.2, 0.25) is 0 Å². The van der Waals surface area contributed by atoms with Crippen molar-refractivity contribution in [3.8, 4) is 0 Å². The average Bonchev–Trinajstić information content (AvgIpc) is 2.61. The van der Waals surface area contributed by atoms with E-state index in [-0.39, 0.29) is 17.3 Å². The topological polar surface area (TPSA) is 54.9 Å². The molecule has 2 rings (SSSR count). The quantitative estimate of drug-likeness (QED) is 0.873. The summed E-state index contributed by atoms with van der Waals surface area (Å²) in [6.07, 6.45) is 3.90. The van der Waals surface area contributed by atoms with Crippen LogP contribution in [-0.4, -0.2) is 9.55 Å². The molecule has 1 aliphatic rings. The van der Waals surface area contributed by atoms with E-state index < -0.39 is 0 Å². The molecule has 0 spiro atoms. The maximum atomic E-state index is 11.9. The van der Waals surface area contributed by atoms with E-state index in [1.165, 1.54) is 0 Å². The zero-order chi connectivity index (χ0) is 13.4. The minimum Gasteiger partial charge on any atom is -0.297 e. The normalized spacial score (nSPS) is 31.8. The van der Waals surface area contributed by atoms with Crippen molar-refractivity contribution in [3.05, 3.63) is 32.6 Å². The number of aryl methyl sites for hydroxylation is 1. The Morgan fingerprint density at radius 2 is 2.00 bits per heavy atom. The third-order valence-corrected chi connectivity index (χ3v) is 4.75. The standard InChI is InChI=1S/C14H22N2O2/c1-5-11-6-12(10(4)9(11)3)16-7-8(2)13(17)15-14(16)18/h7,9-12H,5-6H2,1-4H3,(H,15,17,18). The summed E-state index contributed by atoms with van der Waals surface area (Å²) < 4.78 is 1.73. The fraction of sp³-hybridized carbons (Fsp3) is 0.714. The lowest BCUT2D eigenvalue weighted by molar-refractivity contribution is 0.320. The molecule has 1 aromatic heterocycles. The molecule has 0 aliphatic heterocycles. The Balaban J connectivity index is 2.42. The van der Waals surface area contributed by atoms with Gasteiger partial charge in [-0.15, -0.1) is 0 Å². The number of aromatic amines is 1. The van der Waals surface area contributed by atoms with Gasteiger partial charge in [-0.1, -0.05) is 27.2 Å². The van der Waals surface area contributed by atoms with E-state index in [9.17, 15) is 9.59 Å². The number of hydrogen-bond acceptors (Lipinski definition) is 2. The molecule has 1 saturated carbocycles. The fourth-order valence-corrected chi connectivity index (χ4v) is 3.26. The Kier molecular flexibility index (Phi) is 3.46. The summed E-state index contributed by atoms with van der Waals surface area (Å²) in [5, 5.41) is 0. The summed E-state index contributed by atoms with van der Waals surface area (Å²) in [6.45, 7) is 8.42. The predicted octanol–water partition coefficient (Wildman–Crippen LogP) is 2.09. The van der Waals surface area contributed by atoms with Crippen LogP contribution < -0.4 is 11.2 Å². The highest BCUT2D eigenvalue weighted by Gasteiger charge is 2.38. The fourth-order valence-electron chi connectivity index (χ4n) is 3.26. The summed E-state index contributed by atoms with van der Waals surface area (Å²) in [6, 6.07) is 0.216. The molecule has 1 fully saturated rings. The molecule has 0 bridgehead atoms. The summed E-state index contributed by atoms with van der Waals surface area (Å²) in [7, 11) is 0. The van der Waals surface area contributed by atoms with E-state index >= 15 is 0 Å². The molecule has 0 aromatic carbocycles. The van der Waals surface area contributed by atoms with Gasteiger partial charge in [-0.25, -0.2) is 4.79 Å². The van der Waals surface area contributed by atoms with Crippen molar-refractivity contribution >= 4 is 0 Å². The molecule has 0 saturated heterocycles. The first-order chi connectivity index (χ1) is 8.45. The summed E-state index contributed by atoms with van der Waals surface area (Å²) in [5.74, 6) is 1.77. The van der Waals surface area contributed by atoms with Crippen LogP contribution in [0.15, 0.2) is 15.8 Å². The highest BCUT2D eigenvalue weighted by Crippen LogP contribution is 2.44. The Morgan fingerprint density at radius 1 is 1.33 bits per heavy atom. The zero-order valence-corrected chi connectivity index (χ0v) is 11.6. The van der Waals surface area contributed by atoms with Crippen LogP contribution in [0.5, 0.6) is 0 Å². The summed E-state index contributed by atoms with van der Waals surface area (Å²) in [5.41, 5.74) is 0.0581. The third kappa shape index (κ3) is 2.04. The second-order valence-corrected chi connectivity index (χ2v) is 5.67. The van der Waals surface area contributed by atoms with E-state index in [1.54, 1.807) is 17.7 Å². The van der Waals surface area contributed by atoms with Gasteiger partial charge in [0.25, 0.3) is 5.56 Å². The van der Waals surface area contributed by atoms with E-state index in [0.717, 1.165) is 12.8 Å². The second-order valence-electron chi connectivity index (χ2n) is 5.67. The molecule has 4 unspecified atom stereocenters. The van der Waals surface area contributed by atoms with Gasteiger partial charge in [0.2, 0.25) is 0 Å². The van der Waals surface area contributed by atoms with Gasteiger partial charge >= 0.3 is 5.69 Å². The summed E-state index contributed by atoms with van der Waals surface area (Å²) in [4.78, 5) is 25.7. The molecule has 4 heteroatoms. The van der Waals surface area contributed by atoms with Crippen LogP contribution in [-0.2, 0) is 0 Å². The highest BCUT2D eigenvalue weighted by atomic mass is 16.2. The molecular formula is C14H22N2O2. The molecule has 100 valence electrons. The van der Waals surface area contributed by atoms with Crippen molar-refractivity contribution in [3.63, 3.8) is 0 Å². The first-order valence-electron chi connectivity index (χ1n) is 6.77. The van der Waals surface area contributed by atoms with E-state index in [1.807, 2.05) is 0 Å². The number of H-pyrrole nitrogens is 1. The minimum atomic E-state index is -0.276. The van der Waals surface area contributed by atoms with Gasteiger partial charge in [-0.05, 0) is 31.1 Å². The molecule has 1 N–H and O–H groups in total. The maximum absolute atomic E-state index is 11.9. The Morgan fingerprint density at radius 3 is 2.56 bits per heavy atom. The van der Waals surface area contributed by atoms with E-state index in [0.29, 0.717) is 23.3 Å². The Labute approximate surface area is 107 Å². The van der Waals surface area contributed by atoms with E-state index in [2.05, 4.69) is 25.8 Å². The van der Waals surface area contributed by atoms with Crippen LogP contribution in [0.3, 0.4) is 0 Å². The van der Waals surface area contributed by atoms with Gasteiger partial charge in [0.05, 0.1) is 0 Å². The van der Waals surface area contributed by atoms with Crippen molar-refractivity contribution in [2.24, 2.45) is 17.8 Å². The monoisotopic (exact) mass is 250 g/mol. The predicted molar refractivity (Wildman–Crippen MR) is 71.8 cm³/mol. The van der Waals surface area contributed by atoms with Gasteiger partial charge < -0.3 is 0 Å². The van der Waals surface area contributed by atoms with Crippen LogP contribution in [0.4, 0.5) is 0 Å². The van der Waals surface area contributed by atoms with Crippen molar-refractivity contribution in [1.29, 1.82) is 0 Å². The first-order valence-corrected chi connectivity index (χ1v) is 6.77. The van der Waals surface area contributed by atoms with Crippen LogP contribution >= 0.6 is 0 Å². The largest absolute Gasteiger partial charge is 0.328 e. The van der Waals surface area contributed by atoms with Gasteiger partial charge in [0.1, 0.15) is 0 Å². The lowest BCUT2D eigenvalue weighted by Crippen LogP contribution is -2.34. The molecular weight excluding hydrogens is 228 g/mol. The van der Waals surface area contributed by atoms with Crippen molar-refractivity contribution < 1.29 is 0 Å². The Bertz CT molecular complexity index is 543. The van der Waals surface area contributed by atoms with Gasteiger partial charge in [0.15, 0.2) is 0 Å². The SMILES string of the molecule is CCC1CC(n2cc(C)c(=O)[nH]c2=O)C(C)C1C. The lowest BCUT2D eigenvalue weighted by atomic mass is 9.90. The number of aromatic nitrogens is 2. The number of nitrogens with one attached hydrogen (secondary N) is 1. The molecule has 0 amide bonds. The first kappa shape index (κ1) is 13.1. The molecule has 4 nitrogen and oxygen atoms in total. The summed E-state index contributed by atoms with van der Waals surface area (Å²) >= 11 is 0. The molecule has 0 radical (unpaired) electrons. The van der Waals surface area contributed by atoms with Crippen LogP contribution in [0, 0.1) is 24.7 Å². The van der Waals surface area contributed by atoms with Crippen LogP contribution in [0.25, 0.3) is 0 Å².